The van der Waals surface area contributed by atoms with Gasteiger partial charge in [0.15, 0.2) is 0 Å². The van der Waals surface area contributed by atoms with Crippen LogP contribution in [0, 0.1) is 0 Å². The summed E-state index contributed by atoms with van der Waals surface area (Å²) in [5, 5.41) is 8.29. The first-order valence-corrected chi connectivity index (χ1v) is 7.42. The first-order chi connectivity index (χ1) is 9.31. The summed E-state index contributed by atoms with van der Waals surface area (Å²) in [7, 11) is 0. The van der Waals surface area contributed by atoms with Crippen molar-refractivity contribution in [1.82, 2.24) is 20.2 Å². The molecule has 2 aromatic heterocycles. The van der Waals surface area contributed by atoms with Gasteiger partial charge < -0.3 is 5.73 Å². The average Bonchev–Trinajstić information content (AvgIpc) is 3.06. The molecule has 0 bridgehead atoms. The van der Waals surface area contributed by atoms with E-state index in [9.17, 15) is 0 Å². The van der Waals surface area contributed by atoms with Crippen LogP contribution in [0.3, 0.4) is 0 Å². The Balaban J connectivity index is 1.68. The van der Waals surface area contributed by atoms with E-state index >= 15 is 0 Å². The summed E-state index contributed by atoms with van der Waals surface area (Å²) in [6, 6.07) is 10.2. The lowest BCUT2D eigenvalue weighted by Crippen LogP contribution is -1.85. The van der Waals surface area contributed by atoms with E-state index in [0.717, 1.165) is 16.3 Å². The smallest absolute Gasteiger partial charge is 0.216 e. The van der Waals surface area contributed by atoms with Crippen LogP contribution in [0.15, 0.2) is 41.7 Å². The third-order valence-corrected chi connectivity index (χ3v) is 4.53. The van der Waals surface area contributed by atoms with Gasteiger partial charge in [0, 0.05) is 22.4 Å². The van der Waals surface area contributed by atoms with Crippen molar-refractivity contribution in [3.8, 4) is 10.6 Å². The Bertz CT molecular complexity index is 662. The molecule has 0 unspecified atom stereocenters. The first kappa shape index (κ1) is 12.2. The SMILES string of the molecule is Nc1nc(SCc2cnc(-c3ccccc3)s2)n[nH]1. The number of aromatic nitrogens is 4. The zero-order chi connectivity index (χ0) is 13.1. The highest BCUT2D eigenvalue weighted by Gasteiger charge is 2.06. The number of nitrogens with one attached hydrogen (secondary N) is 1. The molecule has 3 aromatic rings. The largest absolute Gasteiger partial charge is 0.368 e. The summed E-state index contributed by atoms with van der Waals surface area (Å²) in [6.07, 6.45) is 1.90. The lowest BCUT2D eigenvalue weighted by molar-refractivity contribution is 0.973. The average molecular weight is 289 g/mol. The summed E-state index contributed by atoms with van der Waals surface area (Å²) >= 11 is 3.22. The maximum Gasteiger partial charge on any atom is 0.216 e. The van der Waals surface area contributed by atoms with Crippen LogP contribution >= 0.6 is 23.1 Å². The highest BCUT2D eigenvalue weighted by Crippen LogP contribution is 2.28. The lowest BCUT2D eigenvalue weighted by atomic mass is 10.2. The van der Waals surface area contributed by atoms with E-state index < -0.39 is 0 Å². The van der Waals surface area contributed by atoms with Gasteiger partial charge in [0.1, 0.15) is 5.01 Å². The quantitative estimate of drug-likeness (QED) is 0.722. The van der Waals surface area contributed by atoms with Gasteiger partial charge in [0.05, 0.1) is 0 Å². The number of H-pyrrole nitrogens is 1. The molecule has 2 heterocycles. The zero-order valence-electron chi connectivity index (χ0n) is 9.91. The van der Waals surface area contributed by atoms with Crippen LogP contribution in [-0.4, -0.2) is 20.2 Å². The molecule has 3 rings (SSSR count). The van der Waals surface area contributed by atoms with Crippen LogP contribution in [0.1, 0.15) is 4.88 Å². The Kier molecular flexibility index (Phi) is 3.47. The Hall–Kier alpha value is -1.86. The number of anilines is 1. The number of nitrogen functional groups attached to an aromatic ring is 1. The number of thiazole rings is 1. The van der Waals surface area contributed by atoms with Crippen LogP contribution in [0.5, 0.6) is 0 Å². The fourth-order valence-corrected chi connectivity index (χ4v) is 3.29. The van der Waals surface area contributed by atoms with Gasteiger partial charge in [0.25, 0.3) is 0 Å². The van der Waals surface area contributed by atoms with E-state index in [1.54, 1.807) is 11.3 Å². The Morgan fingerprint density at radius 1 is 1.26 bits per heavy atom. The molecule has 0 amide bonds. The molecule has 19 heavy (non-hydrogen) atoms. The van der Waals surface area contributed by atoms with Gasteiger partial charge in [-0.3, -0.25) is 0 Å². The number of thioether (sulfide) groups is 1. The van der Waals surface area contributed by atoms with Gasteiger partial charge in [-0.05, 0) is 0 Å². The van der Waals surface area contributed by atoms with Gasteiger partial charge in [-0.25, -0.2) is 10.1 Å². The lowest BCUT2D eigenvalue weighted by Gasteiger charge is -1.94. The molecular formula is C12H11N5S2. The number of rotatable bonds is 4. The maximum atomic E-state index is 5.48. The van der Waals surface area contributed by atoms with Crippen molar-refractivity contribution < 1.29 is 0 Å². The minimum absolute atomic E-state index is 0.344. The predicted octanol–water partition coefficient (Wildman–Crippen LogP) is 2.80. The van der Waals surface area contributed by atoms with Gasteiger partial charge in [-0.1, -0.05) is 42.1 Å². The number of nitrogens with zero attached hydrogens (tertiary/aromatic N) is 3. The van der Waals surface area contributed by atoms with Crippen molar-refractivity contribution in [3.63, 3.8) is 0 Å². The molecule has 1 aromatic carbocycles. The van der Waals surface area contributed by atoms with Crippen molar-refractivity contribution in [1.29, 1.82) is 0 Å². The number of hydrogen-bond acceptors (Lipinski definition) is 6. The minimum Gasteiger partial charge on any atom is -0.368 e. The Labute approximate surface area is 118 Å². The third-order valence-electron chi connectivity index (χ3n) is 2.40. The summed E-state index contributed by atoms with van der Waals surface area (Å²) in [4.78, 5) is 9.67. The molecule has 0 radical (unpaired) electrons. The van der Waals surface area contributed by atoms with Crippen molar-refractivity contribution in [2.24, 2.45) is 0 Å². The van der Waals surface area contributed by atoms with E-state index in [1.807, 2.05) is 24.4 Å². The van der Waals surface area contributed by atoms with E-state index in [1.165, 1.54) is 16.6 Å². The second-order valence-electron chi connectivity index (χ2n) is 3.79. The van der Waals surface area contributed by atoms with E-state index in [-0.39, 0.29) is 0 Å². The molecular weight excluding hydrogens is 278 g/mol. The normalized spacial score (nSPS) is 10.7. The molecule has 0 aliphatic heterocycles. The number of nitrogens with two attached hydrogens (primary N) is 1. The molecule has 5 nitrogen and oxygen atoms in total. The standard InChI is InChI=1S/C12H11N5S2/c13-11-15-12(17-16-11)18-7-9-6-14-10(19-9)8-4-2-1-3-5-8/h1-6H,7H2,(H3,13,15,16,17). The highest BCUT2D eigenvalue weighted by molar-refractivity contribution is 7.98. The fourth-order valence-electron chi connectivity index (χ4n) is 1.55. The molecule has 0 fully saturated rings. The van der Waals surface area contributed by atoms with Crippen molar-refractivity contribution in [3.05, 3.63) is 41.4 Å². The van der Waals surface area contributed by atoms with Crippen molar-refractivity contribution in [2.75, 3.05) is 5.73 Å². The van der Waals surface area contributed by atoms with Crippen LogP contribution in [0.2, 0.25) is 0 Å². The minimum atomic E-state index is 0.344. The fraction of sp³-hybridized carbons (Fsp3) is 0.0833. The molecule has 0 aliphatic carbocycles. The summed E-state index contributed by atoms with van der Waals surface area (Å²) in [5.74, 6) is 1.14. The molecule has 3 N–H and O–H groups in total. The molecule has 96 valence electrons. The highest BCUT2D eigenvalue weighted by atomic mass is 32.2. The van der Waals surface area contributed by atoms with Crippen LogP contribution in [0.4, 0.5) is 5.95 Å². The molecule has 0 saturated heterocycles. The molecule has 0 aliphatic rings. The van der Waals surface area contributed by atoms with E-state index in [4.69, 9.17) is 5.73 Å². The van der Waals surface area contributed by atoms with Crippen LogP contribution < -0.4 is 5.73 Å². The third kappa shape index (κ3) is 2.94. The zero-order valence-corrected chi connectivity index (χ0v) is 11.5. The van der Waals surface area contributed by atoms with Gasteiger partial charge >= 0.3 is 0 Å². The number of hydrogen-bond donors (Lipinski definition) is 2. The summed E-state index contributed by atoms with van der Waals surface area (Å²) in [6.45, 7) is 0. The van der Waals surface area contributed by atoms with Gasteiger partial charge in [0.2, 0.25) is 11.1 Å². The van der Waals surface area contributed by atoms with Gasteiger partial charge in [-0.2, -0.15) is 4.98 Å². The number of aromatic amines is 1. The molecule has 0 atom stereocenters. The molecule has 0 spiro atoms. The number of benzene rings is 1. The monoisotopic (exact) mass is 289 g/mol. The predicted molar refractivity (Wildman–Crippen MR) is 77.9 cm³/mol. The Morgan fingerprint density at radius 2 is 2.11 bits per heavy atom. The maximum absolute atomic E-state index is 5.48. The topological polar surface area (TPSA) is 80.5 Å². The second-order valence-corrected chi connectivity index (χ2v) is 5.85. The van der Waals surface area contributed by atoms with Crippen LogP contribution in [0.25, 0.3) is 10.6 Å². The van der Waals surface area contributed by atoms with Crippen molar-refractivity contribution >= 4 is 29.0 Å². The van der Waals surface area contributed by atoms with E-state index in [2.05, 4.69) is 32.3 Å². The van der Waals surface area contributed by atoms with Gasteiger partial charge in [-0.15, -0.1) is 16.4 Å². The Morgan fingerprint density at radius 3 is 2.84 bits per heavy atom. The van der Waals surface area contributed by atoms with Crippen LogP contribution in [-0.2, 0) is 5.75 Å². The second kappa shape index (κ2) is 5.41. The summed E-state index contributed by atoms with van der Waals surface area (Å²) in [5.41, 5.74) is 6.62. The van der Waals surface area contributed by atoms with Crippen molar-refractivity contribution in [2.45, 2.75) is 10.9 Å². The van der Waals surface area contributed by atoms with E-state index in [0.29, 0.717) is 11.1 Å². The first-order valence-electron chi connectivity index (χ1n) is 5.62. The molecule has 7 heteroatoms. The molecule has 0 saturated carbocycles. The summed E-state index contributed by atoms with van der Waals surface area (Å²) < 4.78 is 0.